The maximum Gasteiger partial charge on any atom is 0.320 e. The van der Waals surface area contributed by atoms with E-state index >= 15 is 0 Å². The molecule has 0 spiro atoms. The van der Waals surface area contributed by atoms with Gasteiger partial charge in [-0.05, 0) is 25.5 Å². The zero-order chi connectivity index (χ0) is 12.2. The molecule has 5 nitrogen and oxygen atoms in total. The van der Waals surface area contributed by atoms with Gasteiger partial charge in [0, 0.05) is 18.9 Å². The highest BCUT2D eigenvalue weighted by molar-refractivity contribution is 6.01. The molecule has 0 bridgehead atoms. The fourth-order valence-electron chi connectivity index (χ4n) is 1.22. The number of rotatable bonds is 4. The molecule has 0 aliphatic rings. The van der Waals surface area contributed by atoms with Crippen molar-refractivity contribution in [3.63, 3.8) is 0 Å². The van der Waals surface area contributed by atoms with Crippen LogP contribution < -0.4 is 5.32 Å². The summed E-state index contributed by atoms with van der Waals surface area (Å²) in [5, 5.41) is 2.68. The van der Waals surface area contributed by atoms with E-state index < -0.39 is 11.4 Å². The Hall–Kier alpha value is -1.78. The number of ether oxygens (including phenoxy) is 1. The van der Waals surface area contributed by atoms with E-state index in [0.29, 0.717) is 6.54 Å². The predicted molar refractivity (Wildman–Crippen MR) is 58.4 cm³/mol. The van der Waals surface area contributed by atoms with Crippen molar-refractivity contribution in [2.24, 2.45) is 5.41 Å². The van der Waals surface area contributed by atoms with Crippen molar-refractivity contribution in [2.75, 3.05) is 7.11 Å². The van der Waals surface area contributed by atoms with Gasteiger partial charge in [0.05, 0.1) is 7.11 Å². The van der Waals surface area contributed by atoms with Gasteiger partial charge in [-0.1, -0.05) is 0 Å². The molecule has 2 N–H and O–H groups in total. The molecule has 1 amide bonds. The Kier molecular flexibility index (Phi) is 3.71. The van der Waals surface area contributed by atoms with E-state index in [2.05, 4.69) is 15.0 Å². The minimum absolute atomic E-state index is 0.347. The fourth-order valence-corrected chi connectivity index (χ4v) is 1.22. The quantitative estimate of drug-likeness (QED) is 0.588. The second-order valence-corrected chi connectivity index (χ2v) is 4.02. The normalized spacial score (nSPS) is 10.9. The minimum Gasteiger partial charge on any atom is -0.468 e. The first-order valence-electron chi connectivity index (χ1n) is 4.97. The Bertz CT molecular complexity index is 369. The van der Waals surface area contributed by atoms with Crippen LogP contribution >= 0.6 is 0 Å². The number of methoxy groups -OCH3 is 1. The zero-order valence-corrected chi connectivity index (χ0v) is 9.66. The van der Waals surface area contributed by atoms with Gasteiger partial charge in [-0.2, -0.15) is 0 Å². The van der Waals surface area contributed by atoms with Gasteiger partial charge in [0.25, 0.3) is 0 Å². The van der Waals surface area contributed by atoms with E-state index in [1.54, 1.807) is 12.4 Å². The van der Waals surface area contributed by atoms with E-state index in [1.165, 1.54) is 21.0 Å². The monoisotopic (exact) mass is 224 g/mol. The van der Waals surface area contributed by atoms with Crippen LogP contribution in [0.2, 0.25) is 0 Å². The predicted octanol–water partition coefficient (Wildman–Crippen LogP) is 0.830. The summed E-state index contributed by atoms with van der Waals surface area (Å²) in [5.74, 6) is -0.889. The second-order valence-electron chi connectivity index (χ2n) is 4.02. The molecule has 1 aromatic rings. The van der Waals surface area contributed by atoms with Crippen molar-refractivity contribution >= 4 is 11.9 Å². The van der Waals surface area contributed by atoms with E-state index in [1.807, 2.05) is 6.07 Å². The molecule has 88 valence electrons. The summed E-state index contributed by atoms with van der Waals surface area (Å²) in [6.45, 7) is 3.46. The molecule has 0 aromatic carbocycles. The molecule has 1 aromatic heterocycles. The lowest BCUT2D eigenvalue weighted by molar-refractivity contribution is -0.156. The van der Waals surface area contributed by atoms with Crippen molar-refractivity contribution in [2.45, 2.75) is 20.4 Å². The molecular formula is C11H16N2O3. The maximum absolute atomic E-state index is 11.7. The summed E-state index contributed by atoms with van der Waals surface area (Å²) in [5.41, 5.74) is -0.209. The number of hydrogen-bond donors (Lipinski definition) is 2. The molecule has 1 rings (SSSR count). The number of carbonyl (C=O) groups excluding carboxylic acids is 2. The number of aromatic nitrogens is 1. The Labute approximate surface area is 94.2 Å². The largest absolute Gasteiger partial charge is 0.468 e. The summed E-state index contributed by atoms with van der Waals surface area (Å²) in [6.07, 6.45) is 3.55. The molecule has 0 radical (unpaired) electrons. The number of carbonyl (C=O) groups is 2. The topological polar surface area (TPSA) is 71.2 Å². The van der Waals surface area contributed by atoms with Crippen LogP contribution in [0.5, 0.6) is 0 Å². The van der Waals surface area contributed by atoms with Gasteiger partial charge in [0.1, 0.15) is 5.41 Å². The highest BCUT2D eigenvalue weighted by atomic mass is 16.5. The SMILES string of the molecule is COC(=O)C(C)(C)C(=O)NCc1cc[nH]c1. The summed E-state index contributed by atoms with van der Waals surface area (Å²) in [6, 6.07) is 1.85. The van der Waals surface area contributed by atoms with Crippen LogP contribution in [0.15, 0.2) is 18.5 Å². The summed E-state index contributed by atoms with van der Waals surface area (Å²) >= 11 is 0. The maximum atomic E-state index is 11.7. The third-order valence-electron chi connectivity index (χ3n) is 2.38. The summed E-state index contributed by atoms with van der Waals surface area (Å²) in [4.78, 5) is 26.0. The lowest BCUT2D eigenvalue weighted by atomic mass is 9.92. The number of H-pyrrole nitrogens is 1. The summed E-state index contributed by atoms with van der Waals surface area (Å²) in [7, 11) is 1.27. The number of hydrogen-bond acceptors (Lipinski definition) is 3. The van der Waals surface area contributed by atoms with E-state index in [4.69, 9.17) is 0 Å². The molecule has 0 unspecified atom stereocenters. The highest BCUT2D eigenvalue weighted by Gasteiger charge is 2.36. The number of esters is 1. The molecule has 0 aliphatic carbocycles. The highest BCUT2D eigenvalue weighted by Crippen LogP contribution is 2.17. The van der Waals surface area contributed by atoms with Gasteiger partial charge in [-0.3, -0.25) is 9.59 Å². The van der Waals surface area contributed by atoms with E-state index in [-0.39, 0.29) is 5.91 Å². The van der Waals surface area contributed by atoms with Crippen molar-refractivity contribution in [3.05, 3.63) is 24.0 Å². The second kappa shape index (κ2) is 4.83. The summed E-state index contributed by atoms with van der Waals surface area (Å²) < 4.78 is 4.57. The number of amides is 1. The molecule has 0 saturated carbocycles. The zero-order valence-electron chi connectivity index (χ0n) is 9.66. The molecule has 16 heavy (non-hydrogen) atoms. The van der Waals surface area contributed by atoms with Crippen LogP contribution in [0.25, 0.3) is 0 Å². The minimum atomic E-state index is -1.16. The van der Waals surface area contributed by atoms with E-state index in [9.17, 15) is 9.59 Å². The van der Waals surface area contributed by atoms with Gasteiger partial charge < -0.3 is 15.0 Å². The van der Waals surface area contributed by atoms with Crippen LogP contribution in [0.4, 0.5) is 0 Å². The number of aromatic amines is 1. The average molecular weight is 224 g/mol. The number of nitrogens with one attached hydrogen (secondary N) is 2. The average Bonchev–Trinajstić information content (AvgIpc) is 2.77. The Morgan fingerprint density at radius 1 is 1.50 bits per heavy atom. The van der Waals surface area contributed by atoms with Crippen LogP contribution in [0, 0.1) is 5.41 Å². The smallest absolute Gasteiger partial charge is 0.320 e. The van der Waals surface area contributed by atoms with Gasteiger partial charge in [-0.25, -0.2) is 0 Å². The molecule has 5 heteroatoms. The Morgan fingerprint density at radius 2 is 2.19 bits per heavy atom. The Balaban J connectivity index is 2.55. The molecule has 0 atom stereocenters. The molecule has 0 saturated heterocycles. The Morgan fingerprint density at radius 3 is 2.69 bits per heavy atom. The van der Waals surface area contributed by atoms with Gasteiger partial charge in [0.15, 0.2) is 0 Å². The molecule has 1 heterocycles. The van der Waals surface area contributed by atoms with Crippen molar-refractivity contribution in [3.8, 4) is 0 Å². The standard InChI is InChI=1S/C11H16N2O3/c1-11(2,10(15)16-3)9(14)13-7-8-4-5-12-6-8/h4-6,12H,7H2,1-3H3,(H,13,14). The first-order valence-corrected chi connectivity index (χ1v) is 4.97. The lowest BCUT2D eigenvalue weighted by Crippen LogP contribution is -2.42. The van der Waals surface area contributed by atoms with Crippen LogP contribution in [-0.2, 0) is 20.9 Å². The van der Waals surface area contributed by atoms with Crippen LogP contribution in [0.1, 0.15) is 19.4 Å². The van der Waals surface area contributed by atoms with Crippen molar-refractivity contribution < 1.29 is 14.3 Å². The van der Waals surface area contributed by atoms with Crippen LogP contribution in [0.3, 0.4) is 0 Å². The molecular weight excluding hydrogens is 208 g/mol. The van der Waals surface area contributed by atoms with Gasteiger partial charge >= 0.3 is 5.97 Å². The third kappa shape index (κ3) is 2.62. The van der Waals surface area contributed by atoms with Gasteiger partial charge in [-0.15, -0.1) is 0 Å². The molecule has 0 aliphatic heterocycles. The third-order valence-corrected chi connectivity index (χ3v) is 2.38. The van der Waals surface area contributed by atoms with Crippen LogP contribution in [-0.4, -0.2) is 24.0 Å². The first kappa shape index (κ1) is 12.3. The first-order chi connectivity index (χ1) is 7.48. The van der Waals surface area contributed by atoms with Crippen molar-refractivity contribution in [1.29, 1.82) is 0 Å². The van der Waals surface area contributed by atoms with E-state index in [0.717, 1.165) is 5.56 Å². The van der Waals surface area contributed by atoms with Gasteiger partial charge in [0.2, 0.25) is 5.91 Å². The fraction of sp³-hybridized carbons (Fsp3) is 0.455. The lowest BCUT2D eigenvalue weighted by Gasteiger charge is -2.20. The molecule has 0 fully saturated rings. The van der Waals surface area contributed by atoms with Crippen molar-refractivity contribution in [1.82, 2.24) is 10.3 Å².